The first-order valence-corrected chi connectivity index (χ1v) is 28.6. The summed E-state index contributed by atoms with van der Waals surface area (Å²) in [7, 11) is 0. The van der Waals surface area contributed by atoms with Gasteiger partial charge in [0.25, 0.3) is 0 Å². The first-order chi connectivity index (χ1) is 41.0. The average Bonchev–Trinajstić information content (AvgIpc) is 3.92. The number of hydrogen-bond acceptors (Lipinski definition) is 13. The molecule has 12 aromatic rings. The van der Waals surface area contributed by atoms with Gasteiger partial charge in [-0.3, -0.25) is 0 Å². The number of nitrogens with one attached hydrogen (secondary N) is 3. The molecule has 0 saturated heterocycles. The number of nitrogens with zero attached hydrogens (tertiary/aromatic N) is 10. The summed E-state index contributed by atoms with van der Waals surface area (Å²) in [4.78, 5) is 14.1. The van der Waals surface area contributed by atoms with Crippen molar-refractivity contribution in [2.24, 2.45) is 0 Å². The Morgan fingerprint density at radius 2 is 0.682 bits per heavy atom. The van der Waals surface area contributed by atoms with Gasteiger partial charge in [-0.05, 0) is 256 Å². The van der Waals surface area contributed by atoms with Crippen LogP contribution in [0.15, 0.2) is 164 Å². The maximum absolute atomic E-state index is 9.37. The Labute approximate surface area is 496 Å². The van der Waals surface area contributed by atoms with Crippen molar-refractivity contribution in [2.75, 3.05) is 16.0 Å². The molecule has 3 heterocycles. The van der Waals surface area contributed by atoms with Crippen LogP contribution in [0, 0.1) is 87.5 Å². The van der Waals surface area contributed by atoms with Crippen molar-refractivity contribution in [3.8, 4) is 39.4 Å². The largest absolute Gasteiger partial charge is 0.323 e. The second-order valence-electron chi connectivity index (χ2n) is 22.6. The van der Waals surface area contributed by atoms with Crippen LogP contribution in [0.5, 0.6) is 0 Å². The number of fused-ring (bicyclic) bond motifs is 3. The lowest BCUT2D eigenvalue weighted by Crippen LogP contribution is -2.04. The topological polar surface area (TPSA) is 176 Å². The number of hydrogen-bond donors (Lipinski definition) is 3. The van der Waals surface area contributed by atoms with Gasteiger partial charge in [0.05, 0.1) is 28.0 Å². The monoisotopic (exact) mass is 1110 g/mol. The third-order valence-corrected chi connectivity index (χ3v) is 15.8. The molecular formula is C72H67N13. The highest BCUT2D eigenvalue weighted by Gasteiger charge is 2.44. The summed E-state index contributed by atoms with van der Waals surface area (Å²) in [5.74, 6) is 1.48. The third kappa shape index (κ3) is 12.4. The summed E-state index contributed by atoms with van der Waals surface area (Å²) < 4.78 is 0. The van der Waals surface area contributed by atoms with E-state index in [9.17, 15) is 5.26 Å². The molecule has 1 fully saturated rings. The van der Waals surface area contributed by atoms with E-state index in [1.54, 1.807) is 0 Å². The molecule has 0 aliphatic heterocycles. The molecule has 0 bridgehead atoms. The predicted molar refractivity (Wildman–Crippen MR) is 346 cm³/mol. The summed E-state index contributed by atoms with van der Waals surface area (Å²) in [6.07, 6.45) is 1.88. The van der Waals surface area contributed by atoms with Crippen LogP contribution >= 0.6 is 0 Å². The van der Waals surface area contributed by atoms with Crippen LogP contribution in [0.3, 0.4) is 0 Å². The van der Waals surface area contributed by atoms with E-state index in [2.05, 4.69) is 249 Å². The quantitative estimate of drug-likeness (QED) is 0.118. The van der Waals surface area contributed by atoms with Crippen molar-refractivity contribution in [1.29, 1.82) is 5.26 Å². The van der Waals surface area contributed by atoms with Gasteiger partial charge in [-0.15, -0.1) is 30.6 Å². The Morgan fingerprint density at radius 3 is 1.02 bits per heavy atom. The Bertz CT molecular complexity index is 4480. The molecule has 0 radical (unpaired) electrons. The highest BCUT2D eigenvalue weighted by atomic mass is 15.3. The molecule has 1 aliphatic carbocycles. The molecule has 0 spiro atoms. The fourth-order valence-corrected chi connectivity index (χ4v) is 11.2. The Morgan fingerprint density at radius 1 is 0.341 bits per heavy atom. The molecule has 0 atom stereocenters. The SMILES string of the molecule is Cc1ccc(Nc2nnc3cc(-c4c(C)cccc4C)cc(C)c3n2)cc1.Cc1cccc(C)c1-c1cc(C)c2nc(Nc3ccc(C4(C#N)CC4)cc3)nnc2c1.Cc1cccc(Nc2nnc3cc(-c4c(C)cccc4C)cc(C)c3n2)c1. The molecule has 0 unspecified atom stereocenters. The molecule has 1 saturated carbocycles. The number of anilines is 6. The molecule has 13 rings (SSSR count). The number of aromatic nitrogens is 9. The van der Waals surface area contributed by atoms with Crippen LogP contribution < -0.4 is 16.0 Å². The van der Waals surface area contributed by atoms with Crippen LogP contribution in [0.25, 0.3) is 66.5 Å². The van der Waals surface area contributed by atoms with E-state index >= 15 is 0 Å². The number of benzene rings is 9. The third-order valence-electron chi connectivity index (χ3n) is 15.8. The molecule has 13 nitrogen and oxygen atoms in total. The summed E-state index contributed by atoms with van der Waals surface area (Å²) in [6.45, 7) is 23.1. The summed E-state index contributed by atoms with van der Waals surface area (Å²) >= 11 is 0. The fourth-order valence-electron chi connectivity index (χ4n) is 11.2. The minimum absolute atomic E-state index is 0.274. The van der Waals surface area contributed by atoms with E-state index < -0.39 is 0 Å². The summed E-state index contributed by atoms with van der Waals surface area (Å²) in [6, 6.07) is 58.5. The lowest BCUT2D eigenvalue weighted by molar-refractivity contribution is 0.909. The fraction of sp³-hybridized carbons (Fsp3) is 0.194. The first kappa shape index (κ1) is 56.5. The zero-order chi connectivity index (χ0) is 59.5. The molecule has 85 heavy (non-hydrogen) atoms. The molecule has 13 heteroatoms. The molecule has 3 aromatic heterocycles. The number of aryl methyl sites for hydroxylation is 11. The molecule has 1 aliphatic rings. The van der Waals surface area contributed by atoms with Gasteiger partial charge < -0.3 is 16.0 Å². The van der Waals surface area contributed by atoms with Gasteiger partial charge in [0, 0.05) is 17.1 Å². The number of nitriles is 1. The summed E-state index contributed by atoms with van der Waals surface area (Å²) in [5, 5.41) is 45.2. The molecule has 0 amide bonds. The van der Waals surface area contributed by atoms with E-state index in [1.165, 1.54) is 61.2 Å². The van der Waals surface area contributed by atoms with Crippen molar-refractivity contribution in [2.45, 2.75) is 94.4 Å². The zero-order valence-electron chi connectivity index (χ0n) is 50.0. The Hall–Kier alpha value is -10.3. The van der Waals surface area contributed by atoms with Crippen LogP contribution in [0.1, 0.15) is 79.6 Å². The van der Waals surface area contributed by atoms with E-state index in [0.717, 1.165) is 102 Å². The number of rotatable bonds is 10. The van der Waals surface area contributed by atoms with E-state index in [-0.39, 0.29) is 5.41 Å². The molecule has 3 N–H and O–H groups in total. The van der Waals surface area contributed by atoms with Crippen LogP contribution in [-0.2, 0) is 5.41 Å². The lowest BCUT2D eigenvalue weighted by atomic mass is 9.94. The Balaban J connectivity index is 0.000000133. The standard InChI is InChI=1S/C26H23N5.2C23H22N4/c1-16-5-4-6-17(2)23(16)19-13-18(3)24-22(14-19)30-31-25(29-24)28-21-9-7-20(8-10-21)26(15-27)11-12-26;1-14-7-5-10-19(11-14)24-23-25-22-17(4)12-18(13-20(22)26-27-23)21-15(2)8-6-9-16(21)3;1-14-8-10-19(11-9-14)24-23-25-22-17(4)12-18(13-20(22)26-27-23)21-15(2)6-5-7-16(21)3/h4-10,13-14H,11-12H2,1-3H3,(H,28,29,31);2*5-13H,1-4H3,(H,24,25,27). The van der Waals surface area contributed by atoms with Gasteiger partial charge in [0.1, 0.15) is 16.6 Å². The lowest BCUT2D eigenvalue weighted by Gasteiger charge is -2.13. The van der Waals surface area contributed by atoms with Gasteiger partial charge in [-0.2, -0.15) is 5.26 Å². The van der Waals surface area contributed by atoms with Gasteiger partial charge in [-0.1, -0.05) is 96.6 Å². The van der Waals surface area contributed by atoms with Crippen molar-refractivity contribution in [1.82, 2.24) is 45.5 Å². The zero-order valence-corrected chi connectivity index (χ0v) is 50.0. The maximum atomic E-state index is 9.37. The molecular weight excluding hydrogens is 1050 g/mol. The van der Waals surface area contributed by atoms with Gasteiger partial charge >= 0.3 is 0 Å². The minimum atomic E-state index is -0.274. The van der Waals surface area contributed by atoms with Gasteiger partial charge in [0.15, 0.2) is 0 Å². The second kappa shape index (κ2) is 23.9. The average molecular weight is 1110 g/mol. The van der Waals surface area contributed by atoms with Crippen LogP contribution in [0.2, 0.25) is 0 Å². The van der Waals surface area contributed by atoms with Crippen molar-refractivity contribution < 1.29 is 0 Å². The molecule has 9 aromatic carbocycles. The highest BCUT2D eigenvalue weighted by Crippen LogP contribution is 2.47. The second-order valence-corrected chi connectivity index (χ2v) is 22.6. The normalized spacial score (nSPS) is 12.2. The van der Waals surface area contributed by atoms with E-state index in [4.69, 9.17) is 9.97 Å². The summed E-state index contributed by atoms with van der Waals surface area (Å²) in [5.41, 5.74) is 28.9. The van der Waals surface area contributed by atoms with Crippen molar-refractivity contribution >= 4 is 68.0 Å². The minimum Gasteiger partial charge on any atom is -0.323 e. The highest BCUT2D eigenvalue weighted by molar-refractivity contribution is 5.89. The predicted octanol–water partition coefficient (Wildman–Crippen LogP) is 17.3. The van der Waals surface area contributed by atoms with Crippen LogP contribution in [-0.4, -0.2) is 45.5 Å². The van der Waals surface area contributed by atoms with Gasteiger partial charge in [0.2, 0.25) is 17.8 Å². The smallest absolute Gasteiger partial charge is 0.247 e. The van der Waals surface area contributed by atoms with Gasteiger partial charge in [-0.25, -0.2) is 15.0 Å². The van der Waals surface area contributed by atoms with Crippen molar-refractivity contribution in [3.05, 3.63) is 231 Å². The Kier molecular flexibility index (Phi) is 15.9. The molecule has 420 valence electrons. The van der Waals surface area contributed by atoms with Crippen molar-refractivity contribution in [3.63, 3.8) is 0 Å². The van der Waals surface area contributed by atoms with Crippen LogP contribution in [0.4, 0.5) is 34.9 Å². The van der Waals surface area contributed by atoms with E-state index in [0.29, 0.717) is 17.8 Å². The maximum Gasteiger partial charge on any atom is 0.247 e. The van der Waals surface area contributed by atoms with E-state index in [1.807, 2.05) is 48.5 Å². The first-order valence-electron chi connectivity index (χ1n) is 28.6.